The van der Waals surface area contributed by atoms with Gasteiger partial charge in [0.05, 0.1) is 0 Å². The monoisotopic (exact) mass is 285 g/mol. The minimum Gasteiger partial charge on any atom is -0.507 e. The summed E-state index contributed by atoms with van der Waals surface area (Å²) >= 11 is 1.08. The van der Waals surface area contributed by atoms with Crippen molar-refractivity contribution in [3.8, 4) is 22.3 Å². The Bertz CT molecular complexity index is 687. The quantitative estimate of drug-likeness (QED) is 0.659. The number of phenols is 1. The third-order valence-corrected chi connectivity index (χ3v) is 4.01. The average Bonchev–Trinajstić information content (AvgIpc) is 3.26. The summed E-state index contributed by atoms with van der Waals surface area (Å²) in [5, 5.41) is 21.3. The van der Waals surface area contributed by atoms with Crippen LogP contribution in [0.2, 0.25) is 0 Å². The fourth-order valence-corrected chi connectivity index (χ4v) is 2.76. The number of hydrogen-bond donors (Lipinski definition) is 1. The Morgan fingerprint density at radius 3 is 2.50 bits per heavy atom. The number of benzene rings is 2. The number of thiocyanates is 1. The molecule has 4 heteroatoms. The van der Waals surface area contributed by atoms with Crippen molar-refractivity contribution in [1.29, 1.82) is 5.26 Å². The van der Waals surface area contributed by atoms with Gasteiger partial charge in [0.2, 0.25) is 0 Å². The van der Waals surface area contributed by atoms with Gasteiger partial charge in [-0.05, 0) is 65.9 Å². The maximum atomic E-state index is 13.0. The van der Waals surface area contributed by atoms with E-state index in [0.717, 1.165) is 40.6 Å². The largest absolute Gasteiger partial charge is 0.507 e. The molecule has 1 aliphatic rings. The molecule has 0 atom stereocenters. The summed E-state index contributed by atoms with van der Waals surface area (Å²) in [6, 6.07) is 9.69. The van der Waals surface area contributed by atoms with Crippen LogP contribution in [0.5, 0.6) is 5.75 Å². The fraction of sp³-hybridized carbons (Fsp3) is 0.188. The predicted octanol–water partition coefficient (Wildman–Crippen LogP) is 4.65. The van der Waals surface area contributed by atoms with Crippen molar-refractivity contribution < 1.29 is 9.50 Å². The van der Waals surface area contributed by atoms with Gasteiger partial charge in [-0.1, -0.05) is 12.1 Å². The molecular weight excluding hydrogens is 273 g/mol. The topological polar surface area (TPSA) is 44.0 Å². The summed E-state index contributed by atoms with van der Waals surface area (Å²) in [5.41, 5.74) is 2.31. The number of thioether (sulfide) groups is 1. The van der Waals surface area contributed by atoms with E-state index in [0.29, 0.717) is 11.5 Å². The average molecular weight is 285 g/mol. The summed E-state index contributed by atoms with van der Waals surface area (Å²) in [6.07, 6.45) is 2.13. The van der Waals surface area contributed by atoms with Gasteiger partial charge in [-0.2, -0.15) is 5.26 Å². The Balaban J connectivity index is 2.13. The first-order valence-electron chi connectivity index (χ1n) is 6.38. The van der Waals surface area contributed by atoms with Crippen molar-refractivity contribution in [2.75, 3.05) is 0 Å². The highest BCUT2D eigenvalue weighted by Crippen LogP contribution is 2.48. The molecule has 0 saturated heterocycles. The Labute approximate surface area is 120 Å². The Kier molecular flexibility index (Phi) is 3.37. The van der Waals surface area contributed by atoms with E-state index in [-0.39, 0.29) is 11.6 Å². The van der Waals surface area contributed by atoms with Gasteiger partial charge < -0.3 is 5.11 Å². The van der Waals surface area contributed by atoms with Gasteiger partial charge >= 0.3 is 0 Å². The molecule has 1 aliphatic carbocycles. The van der Waals surface area contributed by atoms with E-state index >= 15 is 0 Å². The molecule has 0 spiro atoms. The molecule has 2 aromatic carbocycles. The van der Waals surface area contributed by atoms with Crippen molar-refractivity contribution in [1.82, 2.24) is 0 Å². The standard InChI is InChI=1S/C16H12FNOS/c17-12-5-3-11(4-6-12)15-8-13(20-9-18)7-14(16(15)19)10-1-2-10/h3-8,10,19H,1-2H2. The highest BCUT2D eigenvalue weighted by Gasteiger charge is 2.28. The number of nitrogens with zero attached hydrogens (tertiary/aromatic N) is 1. The zero-order chi connectivity index (χ0) is 14.1. The van der Waals surface area contributed by atoms with E-state index in [1.807, 2.05) is 6.07 Å². The van der Waals surface area contributed by atoms with Crippen LogP contribution in [0.1, 0.15) is 24.3 Å². The molecule has 1 fully saturated rings. The van der Waals surface area contributed by atoms with Gasteiger partial charge in [0.15, 0.2) is 0 Å². The molecule has 0 radical (unpaired) electrons. The minimum atomic E-state index is -0.307. The van der Waals surface area contributed by atoms with Crippen LogP contribution in [-0.4, -0.2) is 5.11 Å². The lowest BCUT2D eigenvalue weighted by molar-refractivity contribution is 0.470. The van der Waals surface area contributed by atoms with Gasteiger partial charge in [0, 0.05) is 10.5 Å². The van der Waals surface area contributed by atoms with Gasteiger partial charge in [-0.25, -0.2) is 4.39 Å². The predicted molar refractivity (Wildman–Crippen MR) is 76.9 cm³/mol. The van der Waals surface area contributed by atoms with Gasteiger partial charge in [0.1, 0.15) is 17.0 Å². The number of rotatable bonds is 3. The van der Waals surface area contributed by atoms with Crippen LogP contribution in [0.15, 0.2) is 41.3 Å². The van der Waals surface area contributed by atoms with Crippen LogP contribution >= 0.6 is 11.8 Å². The first-order chi connectivity index (χ1) is 9.69. The third-order valence-electron chi connectivity index (χ3n) is 3.45. The lowest BCUT2D eigenvalue weighted by atomic mass is 9.99. The van der Waals surface area contributed by atoms with Crippen molar-refractivity contribution in [2.24, 2.45) is 0 Å². The van der Waals surface area contributed by atoms with Crippen LogP contribution in [0.4, 0.5) is 4.39 Å². The Hall–Kier alpha value is -1.99. The lowest BCUT2D eigenvalue weighted by Crippen LogP contribution is -1.88. The summed E-state index contributed by atoms with van der Waals surface area (Å²) in [6.45, 7) is 0. The number of aromatic hydroxyl groups is 1. The van der Waals surface area contributed by atoms with Crippen molar-refractivity contribution in [2.45, 2.75) is 23.7 Å². The van der Waals surface area contributed by atoms with Crippen LogP contribution in [0.25, 0.3) is 11.1 Å². The minimum absolute atomic E-state index is 0.251. The molecular formula is C16H12FNOS. The molecule has 0 unspecified atom stereocenters. The van der Waals surface area contributed by atoms with Crippen LogP contribution in [0.3, 0.4) is 0 Å². The summed E-state index contributed by atoms with van der Waals surface area (Å²) in [5.74, 6) is 0.327. The van der Waals surface area contributed by atoms with Crippen molar-refractivity contribution in [3.05, 3.63) is 47.8 Å². The van der Waals surface area contributed by atoms with Crippen LogP contribution in [0, 0.1) is 16.5 Å². The fourth-order valence-electron chi connectivity index (χ4n) is 2.30. The number of hydrogen-bond acceptors (Lipinski definition) is 3. The van der Waals surface area contributed by atoms with E-state index in [9.17, 15) is 9.50 Å². The van der Waals surface area contributed by atoms with Crippen LogP contribution < -0.4 is 0 Å². The SMILES string of the molecule is N#CSc1cc(-c2ccc(F)cc2)c(O)c(C2CC2)c1. The second-order valence-electron chi connectivity index (χ2n) is 4.88. The maximum Gasteiger partial charge on any atom is 0.138 e. The number of phenolic OH excluding ortho intramolecular Hbond substituents is 1. The summed E-state index contributed by atoms with van der Waals surface area (Å²) in [7, 11) is 0. The normalized spacial score (nSPS) is 14.0. The maximum absolute atomic E-state index is 13.0. The molecule has 2 aromatic rings. The van der Waals surface area contributed by atoms with Gasteiger partial charge in [0.25, 0.3) is 0 Å². The van der Waals surface area contributed by atoms with E-state index in [2.05, 4.69) is 5.40 Å². The third kappa shape index (κ3) is 2.50. The van der Waals surface area contributed by atoms with Gasteiger partial charge in [-0.15, -0.1) is 0 Å². The zero-order valence-corrected chi connectivity index (χ0v) is 11.5. The van der Waals surface area contributed by atoms with Crippen molar-refractivity contribution >= 4 is 11.8 Å². The first-order valence-corrected chi connectivity index (χ1v) is 7.19. The van der Waals surface area contributed by atoms with E-state index < -0.39 is 0 Å². The first kappa shape index (κ1) is 13.0. The molecule has 0 heterocycles. The number of halogens is 1. The lowest BCUT2D eigenvalue weighted by Gasteiger charge is -2.11. The molecule has 1 N–H and O–H groups in total. The molecule has 0 amide bonds. The van der Waals surface area contributed by atoms with Crippen LogP contribution in [-0.2, 0) is 0 Å². The van der Waals surface area contributed by atoms with E-state index in [4.69, 9.17) is 5.26 Å². The molecule has 0 aromatic heterocycles. The number of nitriles is 1. The highest BCUT2D eigenvalue weighted by molar-refractivity contribution is 8.03. The molecule has 3 rings (SSSR count). The zero-order valence-electron chi connectivity index (χ0n) is 10.6. The Morgan fingerprint density at radius 1 is 1.20 bits per heavy atom. The van der Waals surface area contributed by atoms with E-state index in [1.165, 1.54) is 12.1 Å². The van der Waals surface area contributed by atoms with Gasteiger partial charge in [-0.3, -0.25) is 0 Å². The Morgan fingerprint density at radius 2 is 1.90 bits per heavy atom. The molecule has 0 bridgehead atoms. The van der Waals surface area contributed by atoms with E-state index in [1.54, 1.807) is 18.2 Å². The highest BCUT2D eigenvalue weighted by atomic mass is 32.2. The summed E-state index contributed by atoms with van der Waals surface area (Å²) in [4.78, 5) is 0.812. The van der Waals surface area contributed by atoms with Crippen molar-refractivity contribution in [3.63, 3.8) is 0 Å². The molecule has 2 nitrogen and oxygen atoms in total. The summed E-state index contributed by atoms with van der Waals surface area (Å²) < 4.78 is 13.0. The second kappa shape index (κ2) is 5.18. The molecule has 0 aliphatic heterocycles. The second-order valence-corrected chi connectivity index (χ2v) is 5.74. The molecule has 100 valence electrons. The smallest absolute Gasteiger partial charge is 0.138 e. The molecule has 20 heavy (non-hydrogen) atoms. The molecule has 1 saturated carbocycles.